The number of aromatic nitrogens is 3. The monoisotopic (exact) mass is 299 g/mol. The Morgan fingerprint density at radius 3 is 2.64 bits per heavy atom. The molecule has 1 aromatic heterocycles. The number of nitrogens with zero attached hydrogens (tertiary/aromatic N) is 5. The molecule has 0 radical (unpaired) electrons. The van der Waals surface area contributed by atoms with Crippen LogP contribution in [0.5, 0.6) is 0 Å². The van der Waals surface area contributed by atoms with Crippen molar-refractivity contribution >= 4 is 5.91 Å². The number of aryl methyl sites for hydroxylation is 1. The number of amides is 1. The largest absolute Gasteiger partial charge is 0.335 e. The third-order valence-electron chi connectivity index (χ3n) is 3.99. The third kappa shape index (κ3) is 3.17. The van der Waals surface area contributed by atoms with Crippen molar-refractivity contribution < 1.29 is 4.79 Å². The van der Waals surface area contributed by atoms with Gasteiger partial charge in [-0.05, 0) is 39.1 Å². The molecule has 1 saturated heterocycles. The lowest BCUT2D eigenvalue weighted by molar-refractivity contribution is 0.0750. The molecule has 0 unspecified atom stereocenters. The summed E-state index contributed by atoms with van der Waals surface area (Å²) in [7, 11) is 2.08. The van der Waals surface area contributed by atoms with Crippen molar-refractivity contribution in [2.75, 3.05) is 33.2 Å². The van der Waals surface area contributed by atoms with E-state index in [4.69, 9.17) is 0 Å². The molecule has 1 amide bonds. The van der Waals surface area contributed by atoms with Gasteiger partial charge in [-0.15, -0.1) is 5.10 Å². The lowest BCUT2D eigenvalue weighted by Crippen LogP contribution is -2.35. The molecule has 0 spiro atoms. The number of likely N-dealkylation sites (N-methyl/N-ethyl adjacent to an activating group) is 1. The van der Waals surface area contributed by atoms with Crippen molar-refractivity contribution in [3.63, 3.8) is 0 Å². The molecule has 6 heteroatoms. The Hall–Kier alpha value is -2.21. The summed E-state index contributed by atoms with van der Waals surface area (Å²) in [5, 5.41) is 4.34. The summed E-state index contributed by atoms with van der Waals surface area (Å²) in [6, 6.07) is 7.98. The summed E-state index contributed by atoms with van der Waals surface area (Å²) in [6.45, 7) is 5.45. The Bertz CT molecular complexity index is 649. The first-order chi connectivity index (χ1) is 10.6. The summed E-state index contributed by atoms with van der Waals surface area (Å²) in [5.41, 5.74) is 2.10. The smallest absolute Gasteiger partial charge is 0.293 e. The molecule has 1 fully saturated rings. The maximum absolute atomic E-state index is 12.5. The molecule has 6 nitrogen and oxygen atoms in total. The highest BCUT2D eigenvalue weighted by Gasteiger charge is 2.22. The highest BCUT2D eigenvalue weighted by atomic mass is 16.2. The Labute approximate surface area is 130 Å². The van der Waals surface area contributed by atoms with E-state index < -0.39 is 0 Å². The topological polar surface area (TPSA) is 54.3 Å². The van der Waals surface area contributed by atoms with Crippen molar-refractivity contribution in [1.82, 2.24) is 24.6 Å². The fourth-order valence-corrected chi connectivity index (χ4v) is 2.57. The molecule has 3 rings (SSSR count). The molecule has 1 aromatic carbocycles. The zero-order valence-corrected chi connectivity index (χ0v) is 13.1. The van der Waals surface area contributed by atoms with Crippen molar-refractivity contribution in [3.05, 3.63) is 42.0 Å². The SMILES string of the molecule is Cc1ccc(-n2cnc(C(=O)N3CCCN(C)CC3)n2)cc1. The molecule has 0 aliphatic carbocycles. The summed E-state index contributed by atoms with van der Waals surface area (Å²) in [6.07, 6.45) is 2.59. The van der Waals surface area contributed by atoms with Crippen molar-refractivity contribution in [2.45, 2.75) is 13.3 Å². The van der Waals surface area contributed by atoms with Crippen LogP contribution in [-0.4, -0.2) is 63.7 Å². The molecule has 22 heavy (non-hydrogen) atoms. The molecular formula is C16H21N5O. The molecule has 2 aromatic rings. The highest BCUT2D eigenvalue weighted by Crippen LogP contribution is 2.10. The lowest BCUT2D eigenvalue weighted by atomic mass is 10.2. The van der Waals surface area contributed by atoms with Gasteiger partial charge >= 0.3 is 0 Å². The van der Waals surface area contributed by atoms with Crippen LogP contribution in [0.2, 0.25) is 0 Å². The van der Waals surface area contributed by atoms with E-state index in [0.717, 1.165) is 38.3 Å². The summed E-state index contributed by atoms with van der Waals surface area (Å²) < 4.78 is 1.65. The van der Waals surface area contributed by atoms with Gasteiger partial charge in [-0.1, -0.05) is 17.7 Å². The Balaban J connectivity index is 1.75. The average molecular weight is 299 g/mol. The van der Waals surface area contributed by atoms with Crippen LogP contribution < -0.4 is 0 Å². The first kappa shape index (κ1) is 14.7. The second-order valence-electron chi connectivity index (χ2n) is 5.80. The summed E-state index contributed by atoms with van der Waals surface area (Å²) in [4.78, 5) is 20.8. The molecule has 0 saturated carbocycles. The number of benzene rings is 1. The van der Waals surface area contributed by atoms with Crippen molar-refractivity contribution in [3.8, 4) is 5.69 Å². The predicted octanol–water partition coefficient (Wildman–Crippen LogP) is 1.35. The molecule has 0 N–H and O–H groups in total. The fraction of sp³-hybridized carbons (Fsp3) is 0.438. The number of carbonyl (C=O) groups is 1. The minimum absolute atomic E-state index is 0.0823. The standard InChI is InChI=1S/C16H21N5O/c1-13-4-6-14(7-5-13)21-12-17-15(18-21)16(22)20-9-3-8-19(2)10-11-20/h4-7,12H,3,8-11H2,1-2H3. The van der Waals surface area contributed by atoms with Crippen LogP contribution in [0.1, 0.15) is 22.6 Å². The van der Waals surface area contributed by atoms with Gasteiger partial charge < -0.3 is 9.80 Å². The Morgan fingerprint density at radius 2 is 1.86 bits per heavy atom. The normalized spacial score (nSPS) is 16.5. The number of hydrogen-bond acceptors (Lipinski definition) is 4. The lowest BCUT2D eigenvalue weighted by Gasteiger charge is -2.18. The number of carbonyl (C=O) groups excluding carboxylic acids is 1. The quantitative estimate of drug-likeness (QED) is 0.840. The van der Waals surface area contributed by atoms with Gasteiger partial charge in [-0.25, -0.2) is 9.67 Å². The second kappa shape index (κ2) is 6.27. The first-order valence-corrected chi connectivity index (χ1v) is 7.60. The minimum Gasteiger partial charge on any atom is -0.335 e. The Morgan fingerprint density at radius 1 is 1.09 bits per heavy atom. The molecule has 2 heterocycles. The molecule has 0 atom stereocenters. The van der Waals surface area contributed by atoms with Crippen molar-refractivity contribution in [2.24, 2.45) is 0 Å². The van der Waals surface area contributed by atoms with Crippen LogP contribution >= 0.6 is 0 Å². The molecule has 116 valence electrons. The van der Waals surface area contributed by atoms with Gasteiger partial charge in [0, 0.05) is 19.6 Å². The van der Waals surface area contributed by atoms with Crippen LogP contribution in [0, 0.1) is 6.92 Å². The van der Waals surface area contributed by atoms with Crippen molar-refractivity contribution in [1.29, 1.82) is 0 Å². The van der Waals surface area contributed by atoms with E-state index in [9.17, 15) is 4.79 Å². The van der Waals surface area contributed by atoms with E-state index >= 15 is 0 Å². The first-order valence-electron chi connectivity index (χ1n) is 7.60. The average Bonchev–Trinajstić information content (AvgIpc) is 2.90. The maximum atomic E-state index is 12.5. The van der Waals surface area contributed by atoms with Gasteiger partial charge in [0.1, 0.15) is 6.33 Å². The minimum atomic E-state index is -0.0823. The predicted molar refractivity (Wildman–Crippen MR) is 84.1 cm³/mol. The number of hydrogen-bond donors (Lipinski definition) is 0. The van der Waals surface area contributed by atoms with E-state index in [-0.39, 0.29) is 11.7 Å². The van der Waals surface area contributed by atoms with Crippen LogP contribution in [0.25, 0.3) is 5.69 Å². The van der Waals surface area contributed by atoms with E-state index in [1.54, 1.807) is 11.0 Å². The van der Waals surface area contributed by atoms with E-state index in [1.807, 2.05) is 36.1 Å². The zero-order valence-electron chi connectivity index (χ0n) is 13.1. The molecule has 1 aliphatic rings. The third-order valence-corrected chi connectivity index (χ3v) is 3.99. The molecular weight excluding hydrogens is 278 g/mol. The molecule has 0 bridgehead atoms. The van der Waals surface area contributed by atoms with Gasteiger partial charge in [0.05, 0.1) is 5.69 Å². The second-order valence-corrected chi connectivity index (χ2v) is 5.80. The van der Waals surface area contributed by atoms with Crippen LogP contribution in [-0.2, 0) is 0 Å². The molecule has 1 aliphatic heterocycles. The van der Waals surface area contributed by atoms with Gasteiger partial charge in [-0.2, -0.15) is 0 Å². The van der Waals surface area contributed by atoms with Crippen LogP contribution in [0.3, 0.4) is 0 Å². The van der Waals surface area contributed by atoms with Gasteiger partial charge in [0.25, 0.3) is 5.91 Å². The van der Waals surface area contributed by atoms with Crippen LogP contribution in [0.4, 0.5) is 0 Å². The van der Waals surface area contributed by atoms with Gasteiger partial charge in [0.15, 0.2) is 0 Å². The fourth-order valence-electron chi connectivity index (χ4n) is 2.57. The van der Waals surface area contributed by atoms with E-state index in [1.165, 1.54) is 5.56 Å². The van der Waals surface area contributed by atoms with Gasteiger partial charge in [0.2, 0.25) is 5.82 Å². The summed E-state index contributed by atoms with van der Waals surface area (Å²) >= 11 is 0. The zero-order chi connectivity index (χ0) is 15.5. The highest BCUT2D eigenvalue weighted by molar-refractivity contribution is 5.90. The number of rotatable bonds is 2. The van der Waals surface area contributed by atoms with Gasteiger partial charge in [-0.3, -0.25) is 4.79 Å². The Kier molecular flexibility index (Phi) is 4.20. The maximum Gasteiger partial charge on any atom is 0.293 e. The van der Waals surface area contributed by atoms with Crippen LogP contribution in [0.15, 0.2) is 30.6 Å². The summed E-state index contributed by atoms with van der Waals surface area (Å²) in [5.74, 6) is 0.186. The van der Waals surface area contributed by atoms with E-state index in [2.05, 4.69) is 22.0 Å². The van der Waals surface area contributed by atoms with E-state index in [0.29, 0.717) is 0 Å².